The van der Waals surface area contributed by atoms with Crippen LogP contribution in [-0.2, 0) is 0 Å². The molecular weight excluding hydrogens is 659 g/mol. The van der Waals surface area contributed by atoms with E-state index in [1.165, 1.54) is 50.0 Å². The van der Waals surface area contributed by atoms with E-state index in [-0.39, 0.29) is 23.7 Å². The molecule has 0 saturated carbocycles. The van der Waals surface area contributed by atoms with Crippen LogP contribution in [0.15, 0.2) is 114 Å². The zero-order chi connectivity index (χ0) is 38.0. The number of hydrogen-bond acceptors (Lipinski definition) is 2. The molecule has 0 N–H and O–H groups in total. The predicted octanol–water partition coefficient (Wildman–Crippen LogP) is 13.1. The smallest absolute Gasteiger partial charge is 0.239 e. The van der Waals surface area contributed by atoms with Crippen molar-refractivity contribution in [1.82, 2.24) is 18.8 Å². The van der Waals surface area contributed by atoms with Crippen molar-refractivity contribution in [3.63, 3.8) is 0 Å². The van der Waals surface area contributed by atoms with E-state index in [0.717, 1.165) is 38.7 Å². The van der Waals surface area contributed by atoms with E-state index < -0.39 is 0 Å². The van der Waals surface area contributed by atoms with Crippen LogP contribution in [0.4, 0.5) is 0 Å². The highest BCUT2D eigenvalue weighted by atomic mass is 15.4. The third-order valence-corrected chi connectivity index (χ3v) is 11.2. The Morgan fingerprint density at radius 1 is 0.463 bits per heavy atom. The van der Waals surface area contributed by atoms with Crippen molar-refractivity contribution >= 4 is 43.9 Å². The van der Waals surface area contributed by atoms with E-state index in [0.29, 0.717) is 5.92 Å². The largest absolute Gasteiger partial charge is 0.275 e. The first-order valence-electron chi connectivity index (χ1n) is 19.8. The lowest BCUT2D eigenvalue weighted by Gasteiger charge is -2.24. The molecule has 8 aromatic rings. The van der Waals surface area contributed by atoms with Gasteiger partial charge in [-0.2, -0.15) is 0 Å². The van der Waals surface area contributed by atoms with Gasteiger partial charge in [0, 0.05) is 16.2 Å². The maximum absolute atomic E-state index is 5.90. The van der Waals surface area contributed by atoms with Gasteiger partial charge in [-0.3, -0.25) is 9.13 Å². The SMILES string of the molecule is CC(C)c1cc(C(C)C)c(-n2/c(=N\n3c4ccccc4c4ccccc43)n(-c3c(C(C)C)cccc3C(C)C)c3nc4ccccc4cc32)c(C(C)C)c1. The van der Waals surface area contributed by atoms with Crippen molar-refractivity contribution in [3.05, 3.63) is 143 Å². The van der Waals surface area contributed by atoms with E-state index in [4.69, 9.17) is 10.1 Å². The highest BCUT2D eigenvalue weighted by Crippen LogP contribution is 2.39. The van der Waals surface area contributed by atoms with E-state index in [1.807, 2.05) is 0 Å². The fourth-order valence-corrected chi connectivity index (χ4v) is 8.29. The molecule has 0 unspecified atom stereocenters. The Labute approximate surface area is 319 Å². The molecule has 0 aliphatic carbocycles. The maximum atomic E-state index is 5.90. The molecule has 0 spiro atoms. The summed E-state index contributed by atoms with van der Waals surface area (Å²) in [6.45, 7) is 23.1. The summed E-state index contributed by atoms with van der Waals surface area (Å²) in [5.74, 6) is 1.48. The lowest BCUT2D eigenvalue weighted by molar-refractivity contribution is 0.734. The summed E-state index contributed by atoms with van der Waals surface area (Å²) in [4.78, 5) is 5.58. The van der Waals surface area contributed by atoms with Crippen molar-refractivity contribution in [2.75, 3.05) is 0 Å². The molecule has 0 saturated heterocycles. The number of nitrogens with zero attached hydrogens (tertiary/aromatic N) is 5. The maximum Gasteiger partial charge on any atom is 0.239 e. The highest BCUT2D eigenvalue weighted by Gasteiger charge is 2.28. The van der Waals surface area contributed by atoms with Crippen LogP contribution in [0.5, 0.6) is 0 Å². The summed E-state index contributed by atoms with van der Waals surface area (Å²) in [7, 11) is 0. The number of fused-ring (bicyclic) bond motifs is 5. The van der Waals surface area contributed by atoms with Crippen molar-refractivity contribution < 1.29 is 0 Å². The van der Waals surface area contributed by atoms with Gasteiger partial charge in [0.05, 0.1) is 33.4 Å². The van der Waals surface area contributed by atoms with Gasteiger partial charge in [-0.1, -0.05) is 154 Å². The van der Waals surface area contributed by atoms with Crippen LogP contribution in [0.25, 0.3) is 55.2 Å². The van der Waals surface area contributed by atoms with Crippen LogP contribution >= 0.6 is 0 Å². The Morgan fingerprint density at radius 2 is 0.963 bits per heavy atom. The molecule has 5 aromatic carbocycles. The molecule has 5 heteroatoms. The second-order valence-corrected chi connectivity index (χ2v) is 16.5. The molecule has 5 nitrogen and oxygen atoms in total. The quantitative estimate of drug-likeness (QED) is 0.155. The van der Waals surface area contributed by atoms with Gasteiger partial charge in [0.25, 0.3) is 0 Å². The second kappa shape index (κ2) is 13.8. The molecule has 0 amide bonds. The minimum absolute atomic E-state index is 0.269. The summed E-state index contributed by atoms with van der Waals surface area (Å²) in [6, 6.07) is 39.9. The Balaban J connectivity index is 1.71. The van der Waals surface area contributed by atoms with Crippen LogP contribution in [-0.4, -0.2) is 18.8 Å². The molecule has 0 aliphatic heterocycles. The number of hydrogen-bond donors (Lipinski definition) is 0. The summed E-state index contributed by atoms with van der Waals surface area (Å²) in [6.07, 6.45) is 0. The molecule has 0 fully saturated rings. The Morgan fingerprint density at radius 3 is 1.50 bits per heavy atom. The van der Waals surface area contributed by atoms with Gasteiger partial charge < -0.3 is 0 Å². The number of para-hydroxylation sites is 4. The predicted molar refractivity (Wildman–Crippen MR) is 229 cm³/mol. The molecule has 0 radical (unpaired) electrons. The first-order valence-corrected chi connectivity index (χ1v) is 19.8. The van der Waals surface area contributed by atoms with E-state index in [9.17, 15) is 0 Å². The lowest BCUT2D eigenvalue weighted by atomic mass is 9.87. The molecule has 54 heavy (non-hydrogen) atoms. The zero-order valence-corrected chi connectivity index (χ0v) is 33.5. The van der Waals surface area contributed by atoms with E-state index in [1.54, 1.807) is 0 Å². The fourth-order valence-electron chi connectivity index (χ4n) is 8.29. The molecule has 274 valence electrons. The highest BCUT2D eigenvalue weighted by molar-refractivity contribution is 6.08. The lowest BCUT2D eigenvalue weighted by Crippen LogP contribution is -2.29. The first-order chi connectivity index (χ1) is 26.0. The standard InChI is InChI=1S/C49H53N5/c1-29(2)35-26-40(32(7)8)47(41(27-35)33(9)10)52-45-28-34-18-11-14-23-42(34)50-48(45)53(46-36(30(3)4)21-17-22-37(46)31(5)6)49(52)51-54-43-24-15-12-19-38(43)39-20-13-16-25-44(39)54/h11-33H,1-10H3/b51-49+. The zero-order valence-electron chi connectivity index (χ0n) is 33.5. The summed E-state index contributed by atoms with van der Waals surface area (Å²) < 4.78 is 7.04. The molecule has 3 heterocycles. The minimum Gasteiger partial charge on any atom is -0.275 e. The van der Waals surface area contributed by atoms with Crippen molar-refractivity contribution in [2.45, 2.75) is 98.8 Å². The van der Waals surface area contributed by atoms with Crippen molar-refractivity contribution in [3.8, 4) is 11.4 Å². The Kier molecular flexibility index (Phi) is 9.08. The number of imidazole rings is 1. The third kappa shape index (κ3) is 5.76. The number of aromatic nitrogens is 4. The van der Waals surface area contributed by atoms with Gasteiger partial charge >= 0.3 is 0 Å². The third-order valence-electron chi connectivity index (χ3n) is 11.2. The van der Waals surface area contributed by atoms with Crippen LogP contribution in [0.3, 0.4) is 0 Å². The number of rotatable bonds is 8. The number of benzene rings is 5. The molecular formula is C49H53N5. The Hall–Kier alpha value is -5.42. The van der Waals surface area contributed by atoms with Gasteiger partial charge in [-0.15, -0.1) is 5.10 Å². The number of pyridine rings is 1. The molecule has 0 aliphatic rings. The molecule has 0 bridgehead atoms. The average molecular weight is 712 g/mol. The van der Waals surface area contributed by atoms with E-state index in [2.05, 4.69) is 192 Å². The van der Waals surface area contributed by atoms with Crippen LogP contribution < -0.4 is 5.62 Å². The van der Waals surface area contributed by atoms with E-state index >= 15 is 0 Å². The van der Waals surface area contributed by atoms with Crippen LogP contribution in [0, 0.1) is 0 Å². The summed E-state index contributed by atoms with van der Waals surface area (Å²) >= 11 is 0. The topological polar surface area (TPSA) is 40.0 Å². The average Bonchev–Trinajstić information content (AvgIpc) is 3.64. The van der Waals surface area contributed by atoms with Gasteiger partial charge in [0.2, 0.25) is 5.62 Å². The van der Waals surface area contributed by atoms with Gasteiger partial charge in [0.1, 0.15) is 0 Å². The fraction of sp³-hybridized carbons (Fsp3) is 0.306. The van der Waals surface area contributed by atoms with Gasteiger partial charge in [0.15, 0.2) is 5.65 Å². The minimum atomic E-state index is 0.269. The van der Waals surface area contributed by atoms with Gasteiger partial charge in [-0.25, -0.2) is 9.66 Å². The van der Waals surface area contributed by atoms with Crippen LogP contribution in [0.2, 0.25) is 0 Å². The van der Waals surface area contributed by atoms with Crippen molar-refractivity contribution in [2.24, 2.45) is 5.10 Å². The molecule has 0 atom stereocenters. The normalized spacial score (nSPS) is 12.8. The second-order valence-electron chi connectivity index (χ2n) is 16.5. The molecule has 8 rings (SSSR count). The van der Waals surface area contributed by atoms with Crippen LogP contribution in [0.1, 0.15) is 127 Å². The first kappa shape index (κ1) is 35.6. The van der Waals surface area contributed by atoms with Gasteiger partial charge in [-0.05, 0) is 81.7 Å². The Bertz CT molecular complexity index is 2660. The monoisotopic (exact) mass is 711 g/mol. The summed E-state index contributed by atoms with van der Waals surface area (Å²) in [5.41, 5.74) is 14.8. The molecule has 3 aromatic heterocycles. The summed E-state index contributed by atoms with van der Waals surface area (Å²) in [5, 5.41) is 9.38. The van der Waals surface area contributed by atoms with Crippen molar-refractivity contribution in [1.29, 1.82) is 0 Å².